The van der Waals surface area contributed by atoms with Crippen LogP contribution in [0.1, 0.15) is 16.8 Å². The van der Waals surface area contributed by atoms with Crippen molar-refractivity contribution in [1.29, 1.82) is 0 Å². The van der Waals surface area contributed by atoms with Crippen molar-refractivity contribution in [2.24, 2.45) is 0 Å². The fraction of sp³-hybridized carbons (Fsp3) is 0.261. The molecule has 3 heterocycles. The van der Waals surface area contributed by atoms with Crippen molar-refractivity contribution in [3.63, 3.8) is 0 Å². The zero-order chi connectivity index (χ0) is 21.2. The largest absolute Gasteiger partial charge is 0.341 e. The molecule has 2 aromatic heterocycles. The van der Waals surface area contributed by atoms with Gasteiger partial charge in [-0.2, -0.15) is 0 Å². The van der Waals surface area contributed by atoms with Crippen molar-refractivity contribution >= 4 is 34.7 Å². The lowest BCUT2D eigenvalue weighted by atomic mass is 10.1. The van der Waals surface area contributed by atoms with Crippen LogP contribution in [0.15, 0.2) is 66.1 Å². The standard InChI is InChI=1S/C23H24N6OS/c1-31-23-24-10-13-29(23)18-7-4-6-17(16-18)21(30)27-11-5-12-28(15-14-27)22-25-19-8-2-3-9-20(19)26-22/h2-4,6-10,13,16H,5,11-12,14-15H2,1H3,(H,25,26). The average molecular weight is 433 g/mol. The van der Waals surface area contributed by atoms with Crippen molar-refractivity contribution in [3.8, 4) is 5.69 Å². The van der Waals surface area contributed by atoms with Crippen molar-refractivity contribution in [2.75, 3.05) is 37.3 Å². The summed E-state index contributed by atoms with van der Waals surface area (Å²) in [5.74, 6) is 0.946. The number of nitrogens with one attached hydrogen (secondary N) is 1. The van der Waals surface area contributed by atoms with E-state index in [1.54, 1.807) is 18.0 Å². The maximum absolute atomic E-state index is 13.3. The number of amides is 1. The topological polar surface area (TPSA) is 70.1 Å². The summed E-state index contributed by atoms with van der Waals surface area (Å²) in [7, 11) is 0. The molecule has 0 spiro atoms. The number of aromatic amines is 1. The zero-order valence-electron chi connectivity index (χ0n) is 17.4. The van der Waals surface area contributed by atoms with Gasteiger partial charge in [-0.15, -0.1) is 0 Å². The number of aromatic nitrogens is 4. The molecule has 1 fully saturated rings. The van der Waals surface area contributed by atoms with Crippen molar-refractivity contribution < 1.29 is 4.79 Å². The number of benzene rings is 2. The summed E-state index contributed by atoms with van der Waals surface area (Å²) in [6.45, 7) is 3.03. The van der Waals surface area contributed by atoms with E-state index in [1.807, 2.05) is 70.5 Å². The summed E-state index contributed by atoms with van der Waals surface area (Å²) >= 11 is 1.58. The number of fused-ring (bicyclic) bond motifs is 1. The number of hydrogen-bond acceptors (Lipinski definition) is 5. The van der Waals surface area contributed by atoms with Crippen LogP contribution >= 0.6 is 11.8 Å². The monoisotopic (exact) mass is 432 g/mol. The number of hydrogen-bond donors (Lipinski definition) is 1. The lowest BCUT2D eigenvalue weighted by molar-refractivity contribution is 0.0767. The van der Waals surface area contributed by atoms with Crippen LogP contribution in [0.2, 0.25) is 0 Å². The summed E-state index contributed by atoms with van der Waals surface area (Å²) in [6.07, 6.45) is 6.60. The van der Waals surface area contributed by atoms with Gasteiger partial charge < -0.3 is 14.8 Å². The van der Waals surface area contributed by atoms with Crippen LogP contribution in [0.25, 0.3) is 16.7 Å². The Morgan fingerprint density at radius 3 is 2.84 bits per heavy atom. The van der Waals surface area contributed by atoms with Gasteiger partial charge in [0.2, 0.25) is 5.95 Å². The van der Waals surface area contributed by atoms with Crippen LogP contribution in [0.4, 0.5) is 5.95 Å². The molecule has 31 heavy (non-hydrogen) atoms. The van der Waals surface area contributed by atoms with Crippen molar-refractivity contribution in [1.82, 2.24) is 24.4 Å². The predicted molar refractivity (Wildman–Crippen MR) is 124 cm³/mol. The fourth-order valence-electron chi connectivity index (χ4n) is 4.03. The summed E-state index contributed by atoms with van der Waals surface area (Å²) in [5, 5.41) is 0.904. The van der Waals surface area contributed by atoms with E-state index in [9.17, 15) is 4.79 Å². The Kier molecular flexibility index (Phi) is 5.38. The third-order valence-electron chi connectivity index (χ3n) is 5.62. The van der Waals surface area contributed by atoms with Crippen LogP contribution in [-0.2, 0) is 0 Å². The summed E-state index contributed by atoms with van der Waals surface area (Å²) < 4.78 is 2.01. The van der Waals surface area contributed by atoms with Gasteiger partial charge in [-0.3, -0.25) is 9.36 Å². The van der Waals surface area contributed by atoms with E-state index in [2.05, 4.69) is 14.9 Å². The van der Waals surface area contributed by atoms with Gasteiger partial charge in [-0.1, -0.05) is 30.0 Å². The highest BCUT2D eigenvalue weighted by Crippen LogP contribution is 2.21. The van der Waals surface area contributed by atoms with Gasteiger partial charge in [-0.25, -0.2) is 9.97 Å². The molecule has 0 bridgehead atoms. The highest BCUT2D eigenvalue weighted by atomic mass is 32.2. The number of imidazole rings is 2. The molecular formula is C23H24N6OS. The molecule has 2 aromatic carbocycles. The first-order valence-corrected chi connectivity index (χ1v) is 11.6. The van der Waals surface area contributed by atoms with Crippen LogP contribution < -0.4 is 4.90 Å². The predicted octanol–water partition coefficient (Wildman–Crippen LogP) is 3.82. The Morgan fingerprint density at radius 2 is 1.97 bits per heavy atom. The number of carbonyl (C=O) groups is 1. The second-order valence-electron chi connectivity index (χ2n) is 7.54. The molecule has 0 saturated carbocycles. The average Bonchev–Trinajstić information content (AvgIpc) is 3.39. The second-order valence-corrected chi connectivity index (χ2v) is 8.32. The molecular weight excluding hydrogens is 408 g/mol. The molecule has 0 atom stereocenters. The highest BCUT2D eigenvalue weighted by molar-refractivity contribution is 7.98. The van der Waals surface area contributed by atoms with E-state index >= 15 is 0 Å². The van der Waals surface area contributed by atoms with E-state index < -0.39 is 0 Å². The van der Waals surface area contributed by atoms with Gasteiger partial charge >= 0.3 is 0 Å². The first kappa shape index (κ1) is 19.7. The minimum Gasteiger partial charge on any atom is -0.341 e. The van der Waals surface area contributed by atoms with E-state index in [0.29, 0.717) is 12.1 Å². The highest BCUT2D eigenvalue weighted by Gasteiger charge is 2.22. The van der Waals surface area contributed by atoms with Crippen LogP contribution in [0.5, 0.6) is 0 Å². The smallest absolute Gasteiger partial charge is 0.253 e. The number of anilines is 1. The Morgan fingerprint density at radius 1 is 1.06 bits per heavy atom. The normalized spacial score (nSPS) is 14.7. The second kappa shape index (κ2) is 8.47. The first-order chi connectivity index (χ1) is 15.2. The van der Waals surface area contributed by atoms with Crippen LogP contribution in [0, 0.1) is 0 Å². The van der Waals surface area contributed by atoms with E-state index in [-0.39, 0.29) is 5.91 Å². The maximum Gasteiger partial charge on any atom is 0.253 e. The molecule has 1 aliphatic rings. The number of nitrogens with zero attached hydrogens (tertiary/aromatic N) is 5. The lowest BCUT2D eigenvalue weighted by Crippen LogP contribution is -2.35. The Balaban J connectivity index is 1.32. The number of H-pyrrole nitrogens is 1. The summed E-state index contributed by atoms with van der Waals surface area (Å²) in [5.41, 5.74) is 3.66. The van der Waals surface area contributed by atoms with Gasteiger partial charge in [0.15, 0.2) is 5.16 Å². The van der Waals surface area contributed by atoms with Gasteiger partial charge in [0, 0.05) is 49.8 Å². The fourth-order valence-corrected chi connectivity index (χ4v) is 4.56. The minimum atomic E-state index is 0.0686. The first-order valence-electron chi connectivity index (χ1n) is 10.4. The number of para-hydroxylation sites is 2. The van der Waals surface area contributed by atoms with E-state index in [1.165, 1.54) is 0 Å². The number of carbonyl (C=O) groups excluding carboxylic acids is 1. The summed E-state index contributed by atoms with van der Waals surface area (Å²) in [4.78, 5) is 29.9. The Bertz CT molecular complexity index is 1180. The minimum absolute atomic E-state index is 0.0686. The molecule has 0 radical (unpaired) electrons. The molecule has 5 rings (SSSR count). The third-order valence-corrected chi connectivity index (χ3v) is 6.29. The molecule has 4 aromatic rings. The van der Waals surface area contributed by atoms with Crippen molar-refractivity contribution in [2.45, 2.75) is 11.6 Å². The van der Waals surface area contributed by atoms with Crippen LogP contribution in [-0.4, -0.2) is 62.8 Å². The zero-order valence-corrected chi connectivity index (χ0v) is 18.2. The van der Waals surface area contributed by atoms with E-state index in [0.717, 1.165) is 53.9 Å². The molecule has 158 valence electrons. The Hall–Kier alpha value is -3.26. The van der Waals surface area contributed by atoms with Gasteiger partial charge in [0.25, 0.3) is 5.91 Å². The molecule has 1 N–H and O–H groups in total. The van der Waals surface area contributed by atoms with Gasteiger partial charge in [0.1, 0.15) is 0 Å². The molecule has 1 aliphatic heterocycles. The molecule has 1 saturated heterocycles. The molecule has 0 aliphatic carbocycles. The molecule has 1 amide bonds. The van der Waals surface area contributed by atoms with Crippen molar-refractivity contribution in [3.05, 3.63) is 66.5 Å². The van der Waals surface area contributed by atoms with Gasteiger partial charge in [0.05, 0.1) is 11.0 Å². The molecule has 8 heteroatoms. The van der Waals surface area contributed by atoms with Crippen LogP contribution in [0.3, 0.4) is 0 Å². The third kappa shape index (κ3) is 3.90. The van der Waals surface area contributed by atoms with Gasteiger partial charge in [-0.05, 0) is 43.0 Å². The number of thioether (sulfide) groups is 1. The number of rotatable bonds is 4. The molecule has 0 unspecified atom stereocenters. The van der Waals surface area contributed by atoms with E-state index in [4.69, 9.17) is 4.98 Å². The molecule has 7 nitrogen and oxygen atoms in total. The summed E-state index contributed by atoms with van der Waals surface area (Å²) in [6, 6.07) is 15.8. The Labute approximate surface area is 185 Å². The quantitative estimate of drug-likeness (QED) is 0.497. The SMILES string of the molecule is CSc1nccn1-c1cccc(C(=O)N2CCCN(c3nc4ccccc4[nH]3)CC2)c1. The lowest BCUT2D eigenvalue weighted by Gasteiger charge is -2.22. The maximum atomic E-state index is 13.3.